The van der Waals surface area contributed by atoms with Gasteiger partial charge in [-0.15, -0.1) is 0 Å². The van der Waals surface area contributed by atoms with Gasteiger partial charge in [0.1, 0.15) is 6.61 Å². The molecule has 20 heavy (non-hydrogen) atoms. The molecule has 6 heteroatoms. The van der Waals surface area contributed by atoms with Gasteiger partial charge in [-0.25, -0.2) is 0 Å². The van der Waals surface area contributed by atoms with Crippen molar-refractivity contribution in [1.29, 1.82) is 0 Å². The summed E-state index contributed by atoms with van der Waals surface area (Å²) in [5.41, 5.74) is 6.01. The first-order chi connectivity index (χ1) is 9.54. The van der Waals surface area contributed by atoms with Crippen LogP contribution in [0.1, 0.15) is 12.5 Å². The Balaban J connectivity index is 2.77. The minimum absolute atomic E-state index is 0.102. The fourth-order valence-electron chi connectivity index (χ4n) is 1.39. The van der Waals surface area contributed by atoms with Gasteiger partial charge < -0.3 is 15.6 Å². The molecule has 0 radical (unpaired) electrons. The first kappa shape index (κ1) is 15.3. The van der Waals surface area contributed by atoms with Crippen molar-refractivity contribution in [3.8, 4) is 0 Å². The van der Waals surface area contributed by atoms with Gasteiger partial charge in [-0.2, -0.15) is 0 Å². The van der Waals surface area contributed by atoms with Crippen LogP contribution in [0.2, 0.25) is 0 Å². The molecule has 0 fully saturated rings. The Morgan fingerprint density at radius 3 is 2.65 bits per heavy atom. The summed E-state index contributed by atoms with van der Waals surface area (Å²) >= 11 is 0. The average Bonchev–Trinajstić information content (AvgIpc) is 2.43. The highest BCUT2D eigenvalue weighted by Crippen LogP contribution is 2.09. The topological polar surface area (TPSA) is 98.6 Å². The van der Waals surface area contributed by atoms with E-state index < -0.39 is 16.4 Å². The molecule has 6 nitrogen and oxygen atoms in total. The Kier molecular flexibility index (Phi) is 5.83. The maximum atomic E-state index is 10.7. The fraction of sp³-hybridized carbons (Fsp3) is 0.143. The molecule has 0 amide bonds. The van der Waals surface area contributed by atoms with E-state index in [1.54, 1.807) is 6.92 Å². The van der Waals surface area contributed by atoms with Gasteiger partial charge >= 0.3 is 5.70 Å². The lowest BCUT2D eigenvalue weighted by atomic mass is 10.2. The van der Waals surface area contributed by atoms with Crippen molar-refractivity contribution in [3.63, 3.8) is 0 Å². The Bertz CT molecular complexity index is 548. The molecule has 1 aromatic carbocycles. The quantitative estimate of drug-likeness (QED) is 0.360. The number of benzene rings is 1. The van der Waals surface area contributed by atoms with Crippen LogP contribution < -0.4 is 5.73 Å². The summed E-state index contributed by atoms with van der Waals surface area (Å²) in [6.07, 6.45) is 3.64. The van der Waals surface area contributed by atoms with Crippen LogP contribution in [0.25, 0.3) is 0 Å². The average molecular weight is 276 g/mol. The lowest BCUT2D eigenvalue weighted by Crippen LogP contribution is -2.06. The highest BCUT2D eigenvalue weighted by atomic mass is 16.6. The van der Waals surface area contributed by atoms with Gasteiger partial charge in [0.2, 0.25) is 0 Å². The van der Waals surface area contributed by atoms with Crippen molar-refractivity contribution in [3.05, 3.63) is 81.6 Å². The Morgan fingerprint density at radius 2 is 2.10 bits per heavy atom. The summed E-state index contributed by atoms with van der Waals surface area (Å²) in [7, 11) is 0. The summed E-state index contributed by atoms with van der Waals surface area (Å²) in [5.74, 6) is -0.658. The monoisotopic (exact) mass is 276 g/mol. The number of rotatable bonds is 6. The molecule has 3 N–H and O–H groups in total. The lowest BCUT2D eigenvalue weighted by Gasteiger charge is -2.05. The number of aliphatic hydroxyl groups is 1. The zero-order valence-electron chi connectivity index (χ0n) is 11.0. The minimum Gasteiger partial charge on any atom is -0.502 e. The van der Waals surface area contributed by atoms with Crippen LogP contribution in [-0.2, 0) is 11.3 Å². The number of allylic oxidation sites excluding steroid dienone is 3. The van der Waals surface area contributed by atoms with E-state index in [2.05, 4.69) is 0 Å². The number of nitro groups is 1. The second kappa shape index (κ2) is 7.63. The number of aliphatic hydroxyl groups excluding tert-OH is 1. The SMILES string of the molecule is C/C=C/C(=C(O)\C=C(/N)OCc1ccccc1)[N+](=O)[O-]. The highest BCUT2D eigenvalue weighted by Gasteiger charge is 2.13. The van der Waals surface area contributed by atoms with E-state index in [1.165, 1.54) is 12.2 Å². The van der Waals surface area contributed by atoms with Crippen LogP contribution in [0.5, 0.6) is 0 Å². The number of hydrogen-bond donors (Lipinski definition) is 2. The van der Waals surface area contributed by atoms with E-state index in [-0.39, 0.29) is 12.5 Å². The molecule has 0 spiro atoms. The smallest absolute Gasteiger partial charge is 0.310 e. The summed E-state index contributed by atoms with van der Waals surface area (Å²) in [4.78, 5) is 10.0. The normalized spacial score (nSPS) is 13.2. The molecule has 1 aromatic rings. The molecule has 0 saturated heterocycles. The summed E-state index contributed by atoms with van der Waals surface area (Å²) in [6, 6.07) is 9.29. The largest absolute Gasteiger partial charge is 0.502 e. The van der Waals surface area contributed by atoms with Gasteiger partial charge in [-0.1, -0.05) is 36.4 Å². The standard InChI is InChI=1S/C14H16N2O4/c1-2-6-12(16(18)19)13(17)9-14(15)20-10-11-7-4-3-5-8-11/h2-9,17H,10,15H2,1H3/b6-2+,13-12-,14-9+. The fourth-order valence-corrected chi connectivity index (χ4v) is 1.39. The van der Waals surface area contributed by atoms with Gasteiger partial charge in [0.25, 0.3) is 0 Å². The van der Waals surface area contributed by atoms with Crippen molar-refractivity contribution in [2.45, 2.75) is 13.5 Å². The van der Waals surface area contributed by atoms with E-state index in [0.717, 1.165) is 11.6 Å². The Labute approximate surface area is 116 Å². The molecule has 106 valence electrons. The molecule has 0 atom stereocenters. The summed E-state index contributed by atoms with van der Waals surface area (Å²) in [5, 5.41) is 20.3. The van der Waals surface area contributed by atoms with E-state index >= 15 is 0 Å². The molecule has 0 aromatic heterocycles. The summed E-state index contributed by atoms with van der Waals surface area (Å²) < 4.78 is 5.20. The van der Waals surface area contributed by atoms with E-state index in [1.807, 2.05) is 30.3 Å². The number of hydrogen-bond acceptors (Lipinski definition) is 5. The predicted molar refractivity (Wildman–Crippen MR) is 75.0 cm³/mol. The molecule has 0 heterocycles. The van der Waals surface area contributed by atoms with Crippen LogP contribution in [0.3, 0.4) is 0 Å². The molecule has 0 bridgehead atoms. The predicted octanol–water partition coefficient (Wildman–Crippen LogP) is 2.63. The van der Waals surface area contributed by atoms with Crippen LogP contribution in [0.15, 0.2) is 65.9 Å². The van der Waals surface area contributed by atoms with E-state index in [9.17, 15) is 15.2 Å². The van der Waals surface area contributed by atoms with Crippen molar-refractivity contribution >= 4 is 0 Å². The van der Waals surface area contributed by atoms with Gasteiger partial charge in [-0.05, 0) is 12.5 Å². The molecule has 0 aliphatic heterocycles. The molecular weight excluding hydrogens is 260 g/mol. The van der Waals surface area contributed by atoms with Gasteiger partial charge in [-0.3, -0.25) is 10.1 Å². The van der Waals surface area contributed by atoms with Gasteiger partial charge in [0.15, 0.2) is 11.6 Å². The lowest BCUT2D eigenvalue weighted by molar-refractivity contribution is -0.421. The Hall–Kier alpha value is -2.76. The van der Waals surface area contributed by atoms with Crippen LogP contribution in [-0.4, -0.2) is 10.0 Å². The van der Waals surface area contributed by atoms with Crippen molar-refractivity contribution in [1.82, 2.24) is 0 Å². The second-order valence-electron chi connectivity index (χ2n) is 3.85. The van der Waals surface area contributed by atoms with Crippen LogP contribution in [0, 0.1) is 10.1 Å². The number of nitrogens with zero attached hydrogens (tertiary/aromatic N) is 1. The van der Waals surface area contributed by atoms with Crippen LogP contribution >= 0.6 is 0 Å². The molecule has 0 unspecified atom stereocenters. The van der Waals surface area contributed by atoms with Crippen molar-refractivity contribution in [2.24, 2.45) is 5.73 Å². The molecular formula is C14H16N2O4. The number of nitrogens with two attached hydrogens (primary N) is 1. The molecule has 0 saturated carbocycles. The zero-order chi connectivity index (χ0) is 15.0. The third-order valence-corrected chi connectivity index (χ3v) is 2.31. The minimum atomic E-state index is -0.698. The molecule has 1 rings (SSSR count). The summed E-state index contributed by atoms with van der Waals surface area (Å²) in [6.45, 7) is 1.82. The third kappa shape index (κ3) is 4.85. The number of ether oxygens (including phenoxy) is 1. The van der Waals surface area contributed by atoms with Gasteiger partial charge in [0, 0.05) is 12.2 Å². The molecule has 0 aliphatic carbocycles. The van der Waals surface area contributed by atoms with E-state index in [4.69, 9.17) is 10.5 Å². The Morgan fingerprint density at radius 1 is 1.45 bits per heavy atom. The first-order valence-corrected chi connectivity index (χ1v) is 5.88. The molecule has 0 aliphatic rings. The van der Waals surface area contributed by atoms with Crippen LogP contribution in [0.4, 0.5) is 0 Å². The van der Waals surface area contributed by atoms with Crippen molar-refractivity contribution in [2.75, 3.05) is 0 Å². The first-order valence-electron chi connectivity index (χ1n) is 5.88. The third-order valence-electron chi connectivity index (χ3n) is 2.31. The highest BCUT2D eigenvalue weighted by molar-refractivity contribution is 5.23. The van der Waals surface area contributed by atoms with Gasteiger partial charge in [0.05, 0.1) is 4.92 Å². The van der Waals surface area contributed by atoms with E-state index in [0.29, 0.717) is 0 Å². The second-order valence-corrected chi connectivity index (χ2v) is 3.85. The maximum absolute atomic E-state index is 10.7. The maximum Gasteiger partial charge on any atom is 0.310 e. The zero-order valence-corrected chi connectivity index (χ0v) is 11.0. The van der Waals surface area contributed by atoms with Crippen molar-refractivity contribution < 1.29 is 14.8 Å².